The molecule has 0 unspecified atom stereocenters. The Hall–Kier alpha value is -1.95. The van der Waals surface area contributed by atoms with Crippen molar-refractivity contribution >= 4 is 46.4 Å². The molecule has 1 N–H and O–H groups in total. The van der Waals surface area contributed by atoms with E-state index in [1.807, 2.05) is 0 Å². The van der Waals surface area contributed by atoms with E-state index in [1.165, 1.54) is 16.7 Å². The molecule has 1 heterocycles. The Morgan fingerprint density at radius 2 is 1.84 bits per heavy atom. The number of hydrogen-bond acceptors (Lipinski definition) is 6. The van der Waals surface area contributed by atoms with Gasteiger partial charge in [0.15, 0.2) is 0 Å². The lowest BCUT2D eigenvalue weighted by Gasteiger charge is -2.03. The molecule has 0 saturated carbocycles. The molecule has 0 atom stereocenters. The number of amides is 1. The van der Waals surface area contributed by atoms with Crippen LogP contribution < -0.4 is 0 Å². The van der Waals surface area contributed by atoms with Crippen LogP contribution in [-0.4, -0.2) is 33.4 Å². The normalized spacial score (nSPS) is 16.1. The van der Waals surface area contributed by atoms with Crippen molar-refractivity contribution in [1.82, 2.24) is 4.90 Å². The van der Waals surface area contributed by atoms with E-state index >= 15 is 0 Å². The molecule has 2 rings (SSSR count). The Morgan fingerprint density at radius 1 is 1.32 bits per heavy atom. The third kappa shape index (κ3) is 4.03. The highest BCUT2D eigenvalue weighted by Gasteiger charge is 2.28. The van der Waals surface area contributed by atoms with Crippen LogP contribution in [0.2, 0.25) is 0 Å². The van der Waals surface area contributed by atoms with Crippen LogP contribution in [0.1, 0.15) is 5.56 Å². The minimum atomic E-state index is -0.0805. The molecule has 0 spiro atoms. The van der Waals surface area contributed by atoms with E-state index in [0.717, 1.165) is 5.56 Å². The van der Waals surface area contributed by atoms with Gasteiger partial charge in [-0.25, -0.2) is 0 Å². The first-order chi connectivity index (χ1) is 8.99. The number of carbonyl (C=O) groups is 1. The number of aromatic hydroxyl groups is 1. The first-order valence-electron chi connectivity index (χ1n) is 4.99. The number of hydrogen-bond donors (Lipinski definition) is 1. The van der Waals surface area contributed by atoms with Crippen molar-refractivity contribution < 1.29 is 19.5 Å². The quantitative estimate of drug-likeness (QED) is 0.627. The number of phenolic OH excluding ortho intramolecular Hbond substituents is 1. The van der Waals surface area contributed by atoms with Gasteiger partial charge < -0.3 is 5.11 Å². The van der Waals surface area contributed by atoms with Crippen LogP contribution in [0.3, 0.4) is 0 Å². The second-order valence-electron chi connectivity index (χ2n) is 3.42. The topological polar surface area (TPSA) is 74.7 Å². The highest BCUT2D eigenvalue weighted by Crippen LogP contribution is 2.31. The molecule has 1 aliphatic rings. The molecule has 1 aromatic carbocycles. The number of carbonyl (C=O) groups excluding carboxylic acids is 3. The van der Waals surface area contributed by atoms with E-state index in [0.29, 0.717) is 9.23 Å². The first kappa shape index (κ1) is 15.1. The van der Waals surface area contributed by atoms with Crippen LogP contribution in [0.25, 0.3) is 6.08 Å². The Morgan fingerprint density at radius 3 is 2.26 bits per heavy atom. The van der Waals surface area contributed by atoms with Crippen molar-refractivity contribution in [3.8, 4) is 5.75 Å². The predicted octanol–water partition coefficient (Wildman–Crippen LogP) is 1.64. The average molecular weight is 295 g/mol. The van der Waals surface area contributed by atoms with Crippen molar-refractivity contribution in [1.29, 1.82) is 0 Å². The summed E-state index contributed by atoms with van der Waals surface area (Å²) in [6.07, 6.45) is 2.02. The molecular formula is C12H9NO4S2. The zero-order valence-corrected chi connectivity index (χ0v) is 11.5. The van der Waals surface area contributed by atoms with Gasteiger partial charge in [0.05, 0.1) is 4.91 Å². The maximum absolute atomic E-state index is 11.7. The molecule has 0 aliphatic carbocycles. The van der Waals surface area contributed by atoms with E-state index in [1.54, 1.807) is 37.4 Å². The van der Waals surface area contributed by atoms with Crippen LogP contribution in [0.4, 0.5) is 0 Å². The molecule has 7 heteroatoms. The van der Waals surface area contributed by atoms with Crippen molar-refractivity contribution in [2.75, 3.05) is 7.05 Å². The summed E-state index contributed by atoms with van der Waals surface area (Å²) < 4.78 is 0.565. The van der Waals surface area contributed by atoms with Crippen LogP contribution in [-0.2, 0) is 14.4 Å². The van der Waals surface area contributed by atoms with Gasteiger partial charge in [-0.15, -0.1) is 0 Å². The van der Waals surface area contributed by atoms with Gasteiger partial charge in [-0.3, -0.25) is 9.69 Å². The maximum atomic E-state index is 11.7. The third-order valence-electron chi connectivity index (χ3n) is 2.18. The van der Waals surface area contributed by atoms with Crippen molar-refractivity contribution in [2.24, 2.45) is 0 Å². The molecule has 0 aromatic heterocycles. The zero-order chi connectivity index (χ0) is 14.4. The highest BCUT2D eigenvalue weighted by molar-refractivity contribution is 8.26. The summed E-state index contributed by atoms with van der Waals surface area (Å²) in [5.74, 6) is 0.128. The first-order valence-corrected chi connectivity index (χ1v) is 6.22. The minimum absolute atomic E-state index is 0.0805. The Balaban J connectivity index is 0.000000550. The molecule has 98 valence electrons. The predicted molar refractivity (Wildman–Crippen MR) is 74.0 cm³/mol. The lowest BCUT2D eigenvalue weighted by atomic mass is 10.2. The monoisotopic (exact) mass is 295 g/mol. The largest absolute Gasteiger partial charge is 0.508 e. The number of nitrogens with zero attached hydrogens (tertiary/aromatic N) is 1. The van der Waals surface area contributed by atoms with Gasteiger partial charge in [-0.1, -0.05) is 36.1 Å². The number of rotatable bonds is 1. The van der Waals surface area contributed by atoms with Gasteiger partial charge in [0.1, 0.15) is 10.1 Å². The third-order valence-corrected chi connectivity index (χ3v) is 3.66. The van der Waals surface area contributed by atoms with E-state index < -0.39 is 0 Å². The molecule has 19 heavy (non-hydrogen) atoms. The molecule has 1 aliphatic heterocycles. The Labute approximate surface area is 118 Å². The Bertz CT molecular complexity index is 560. The zero-order valence-electron chi connectivity index (χ0n) is 9.82. The number of likely N-dealkylation sites (N-methyl/N-ethyl adjacent to an activating group) is 1. The fraction of sp³-hybridized carbons (Fsp3) is 0.0833. The molecule has 0 bridgehead atoms. The van der Waals surface area contributed by atoms with Gasteiger partial charge in [0, 0.05) is 7.05 Å². The molecule has 0 radical (unpaired) electrons. The summed E-state index contributed by atoms with van der Waals surface area (Å²) in [6.45, 7) is 0. The number of phenols is 1. The fourth-order valence-electron chi connectivity index (χ4n) is 1.27. The maximum Gasteiger partial charge on any atom is 0.373 e. The number of benzene rings is 1. The average Bonchev–Trinajstić information content (AvgIpc) is 2.61. The van der Waals surface area contributed by atoms with E-state index in [2.05, 4.69) is 0 Å². The Kier molecular flexibility index (Phi) is 5.44. The summed E-state index contributed by atoms with van der Waals surface area (Å²) in [7, 11) is 1.66. The molecule has 5 nitrogen and oxygen atoms in total. The lowest BCUT2D eigenvalue weighted by molar-refractivity contribution is -0.191. The van der Waals surface area contributed by atoms with Gasteiger partial charge in [-0.05, 0) is 23.8 Å². The number of thioether (sulfide) groups is 1. The van der Waals surface area contributed by atoms with E-state index in [9.17, 15) is 4.79 Å². The van der Waals surface area contributed by atoms with Gasteiger partial charge in [0.25, 0.3) is 5.91 Å². The highest BCUT2D eigenvalue weighted by atomic mass is 32.2. The van der Waals surface area contributed by atoms with Crippen molar-refractivity contribution in [3.63, 3.8) is 0 Å². The van der Waals surface area contributed by atoms with Crippen LogP contribution >= 0.6 is 24.0 Å². The van der Waals surface area contributed by atoms with E-state index in [4.69, 9.17) is 26.9 Å². The van der Waals surface area contributed by atoms with Gasteiger partial charge in [0.2, 0.25) is 0 Å². The summed E-state index contributed by atoms with van der Waals surface area (Å²) in [5, 5.41) is 9.13. The summed E-state index contributed by atoms with van der Waals surface area (Å²) >= 11 is 6.31. The minimum Gasteiger partial charge on any atom is -0.508 e. The molecule has 1 fully saturated rings. The smallest absolute Gasteiger partial charge is 0.373 e. The van der Waals surface area contributed by atoms with Gasteiger partial charge in [-0.2, -0.15) is 9.59 Å². The summed E-state index contributed by atoms with van der Waals surface area (Å²) in [5.41, 5.74) is 0.867. The van der Waals surface area contributed by atoms with Crippen LogP contribution in [0.5, 0.6) is 5.75 Å². The molecule has 1 saturated heterocycles. The summed E-state index contributed by atoms with van der Waals surface area (Å²) in [6, 6.07) is 6.66. The van der Waals surface area contributed by atoms with Crippen LogP contribution in [0.15, 0.2) is 29.2 Å². The number of thiocarbonyl (C=S) groups is 1. The molecule has 1 amide bonds. The van der Waals surface area contributed by atoms with Crippen molar-refractivity contribution in [2.45, 2.75) is 0 Å². The van der Waals surface area contributed by atoms with Gasteiger partial charge >= 0.3 is 6.15 Å². The fourth-order valence-corrected chi connectivity index (χ4v) is 2.45. The standard InChI is InChI=1S/C11H9NO2S2.CO2/c1-12-10(14)9(16-11(12)15)6-7-2-4-8(13)5-3-7;2-1-3/h2-6,13H,1H3;/b9-6-;. The SMILES string of the molecule is CN1C(=O)/C(=C/c2ccc(O)cc2)SC1=S.O=C=O. The van der Waals surface area contributed by atoms with Crippen molar-refractivity contribution in [3.05, 3.63) is 34.7 Å². The van der Waals surface area contributed by atoms with Crippen LogP contribution in [0, 0.1) is 0 Å². The summed E-state index contributed by atoms with van der Waals surface area (Å²) in [4.78, 5) is 30.0. The van der Waals surface area contributed by atoms with E-state index in [-0.39, 0.29) is 17.8 Å². The molecule has 1 aromatic rings. The molecular weight excluding hydrogens is 286 g/mol. The second kappa shape index (κ2) is 6.84. The second-order valence-corrected chi connectivity index (χ2v) is 5.09. The lowest BCUT2D eigenvalue weighted by Crippen LogP contribution is -2.22.